The second kappa shape index (κ2) is 7.23. The number of phenols is 1. The van der Waals surface area contributed by atoms with Crippen LogP contribution in [0.5, 0.6) is 5.75 Å². The minimum Gasteiger partial charge on any atom is -0.508 e. The van der Waals surface area contributed by atoms with E-state index in [1.54, 1.807) is 12.1 Å². The summed E-state index contributed by atoms with van der Waals surface area (Å²) in [5.74, 6) is 2.00. The highest BCUT2D eigenvalue weighted by molar-refractivity contribution is 5.89. The Labute approximate surface area is 188 Å². The van der Waals surface area contributed by atoms with E-state index >= 15 is 0 Å². The number of phenolic OH excluding ortho intramolecular Hbond substituents is 1. The molecule has 0 amide bonds. The topological polar surface area (TPSA) is 57.5 Å². The van der Waals surface area contributed by atoms with E-state index in [-0.39, 0.29) is 5.41 Å². The number of carboxylic acid groups (broad SMARTS) is 1. The first kappa shape index (κ1) is 19.6. The van der Waals surface area contributed by atoms with E-state index in [0.717, 1.165) is 45.6 Å². The maximum absolute atomic E-state index is 11.2. The summed E-state index contributed by atoms with van der Waals surface area (Å²) >= 11 is 0. The van der Waals surface area contributed by atoms with Crippen LogP contribution in [0, 0.1) is 17.8 Å². The summed E-state index contributed by atoms with van der Waals surface area (Å²) in [7, 11) is 0. The molecule has 0 atom stereocenters. The Hall–Kier alpha value is -3.07. The lowest BCUT2D eigenvalue weighted by Crippen LogP contribution is -2.48. The zero-order chi connectivity index (χ0) is 21.9. The number of carboxylic acids is 1. The molecule has 4 saturated carbocycles. The van der Waals surface area contributed by atoms with Crippen molar-refractivity contribution in [3.8, 4) is 28.0 Å². The summed E-state index contributed by atoms with van der Waals surface area (Å²) < 4.78 is 0. The molecule has 3 aromatic carbocycles. The van der Waals surface area contributed by atoms with Crippen molar-refractivity contribution in [2.45, 2.75) is 43.9 Å². The van der Waals surface area contributed by atoms with Gasteiger partial charge in [-0.3, -0.25) is 0 Å². The fourth-order valence-electron chi connectivity index (χ4n) is 7.35. The first-order valence-electron chi connectivity index (χ1n) is 11.8. The van der Waals surface area contributed by atoms with Gasteiger partial charge in [-0.25, -0.2) is 4.79 Å². The Kier molecular flexibility index (Phi) is 4.43. The molecule has 2 N–H and O–H groups in total. The van der Waals surface area contributed by atoms with Gasteiger partial charge in [0.1, 0.15) is 5.75 Å². The minimum atomic E-state index is -0.913. The fraction of sp³-hybridized carbons (Fsp3) is 0.345. The number of benzene rings is 3. The Morgan fingerprint density at radius 3 is 1.84 bits per heavy atom. The van der Waals surface area contributed by atoms with Crippen molar-refractivity contribution < 1.29 is 15.0 Å². The number of rotatable bonds is 4. The quantitative estimate of drug-likeness (QED) is 0.479. The van der Waals surface area contributed by atoms with Crippen LogP contribution in [0.25, 0.3) is 22.3 Å². The molecule has 0 heterocycles. The molecule has 4 aliphatic rings. The number of hydrogen-bond acceptors (Lipinski definition) is 2. The van der Waals surface area contributed by atoms with Crippen molar-refractivity contribution in [3.63, 3.8) is 0 Å². The van der Waals surface area contributed by atoms with Crippen molar-refractivity contribution in [2.75, 3.05) is 0 Å². The van der Waals surface area contributed by atoms with E-state index in [1.807, 2.05) is 36.4 Å². The first-order chi connectivity index (χ1) is 15.5. The molecule has 0 unspecified atom stereocenters. The third-order valence-corrected chi connectivity index (χ3v) is 8.29. The second-order valence-corrected chi connectivity index (χ2v) is 10.4. The molecule has 0 spiro atoms. The Balaban J connectivity index is 1.43. The molecule has 3 heteroatoms. The molecular formula is C29H28O3. The summed E-state index contributed by atoms with van der Waals surface area (Å²) in [4.78, 5) is 11.2. The van der Waals surface area contributed by atoms with Crippen molar-refractivity contribution in [1.82, 2.24) is 0 Å². The fourth-order valence-corrected chi connectivity index (χ4v) is 7.35. The summed E-state index contributed by atoms with van der Waals surface area (Å²) in [5.41, 5.74) is 5.87. The third kappa shape index (κ3) is 3.14. The maximum Gasteiger partial charge on any atom is 0.335 e. The summed E-state index contributed by atoms with van der Waals surface area (Å²) in [5, 5.41) is 20.2. The van der Waals surface area contributed by atoms with E-state index < -0.39 is 5.97 Å². The number of aromatic carboxylic acids is 1. The van der Waals surface area contributed by atoms with Crippen LogP contribution in [-0.2, 0) is 5.41 Å². The molecule has 4 aliphatic carbocycles. The summed E-state index contributed by atoms with van der Waals surface area (Å²) in [6, 6.07) is 21.5. The predicted molar refractivity (Wildman–Crippen MR) is 126 cm³/mol. The molecule has 4 bridgehead atoms. The molecule has 3 aromatic rings. The standard InChI is InChI=1S/C29H28O3/c30-27-10-9-23(14-26(27)29-15-18-11-19(16-29)13-20(12-18)17-29)25-4-2-1-3-24(25)21-5-7-22(8-6-21)28(31)32/h1-10,14,18-20,30H,11-13,15-17H2,(H,31,32). The molecule has 0 radical (unpaired) electrons. The van der Waals surface area contributed by atoms with E-state index in [9.17, 15) is 15.0 Å². The van der Waals surface area contributed by atoms with Crippen molar-refractivity contribution in [1.29, 1.82) is 0 Å². The summed E-state index contributed by atoms with van der Waals surface area (Å²) in [6.45, 7) is 0. The molecule has 0 aromatic heterocycles. The lowest BCUT2D eigenvalue weighted by molar-refractivity contribution is -0.00611. The van der Waals surface area contributed by atoms with Crippen LogP contribution in [0.4, 0.5) is 0 Å². The average molecular weight is 425 g/mol. The van der Waals surface area contributed by atoms with Gasteiger partial charge in [-0.15, -0.1) is 0 Å². The van der Waals surface area contributed by atoms with E-state index in [2.05, 4.69) is 18.2 Å². The smallest absolute Gasteiger partial charge is 0.335 e. The van der Waals surface area contributed by atoms with Crippen LogP contribution >= 0.6 is 0 Å². The Bertz CT molecular complexity index is 1160. The molecule has 7 rings (SSSR count). The Morgan fingerprint density at radius 1 is 0.750 bits per heavy atom. The van der Waals surface area contributed by atoms with Gasteiger partial charge in [0.15, 0.2) is 0 Å². The largest absolute Gasteiger partial charge is 0.508 e. The molecule has 3 nitrogen and oxygen atoms in total. The number of hydrogen-bond donors (Lipinski definition) is 2. The molecule has 162 valence electrons. The van der Waals surface area contributed by atoms with Gasteiger partial charge in [-0.2, -0.15) is 0 Å². The van der Waals surface area contributed by atoms with Gasteiger partial charge in [0, 0.05) is 5.56 Å². The highest BCUT2D eigenvalue weighted by atomic mass is 16.4. The van der Waals surface area contributed by atoms with Crippen LogP contribution in [0.3, 0.4) is 0 Å². The molecule has 4 fully saturated rings. The molecule has 32 heavy (non-hydrogen) atoms. The zero-order valence-corrected chi connectivity index (χ0v) is 18.1. The van der Waals surface area contributed by atoms with Crippen LogP contribution in [0.15, 0.2) is 66.7 Å². The lowest BCUT2D eigenvalue weighted by atomic mass is 9.48. The van der Waals surface area contributed by atoms with Gasteiger partial charge >= 0.3 is 5.97 Å². The van der Waals surface area contributed by atoms with Crippen LogP contribution in [0.2, 0.25) is 0 Å². The monoisotopic (exact) mass is 424 g/mol. The van der Waals surface area contributed by atoms with Gasteiger partial charge in [0.2, 0.25) is 0 Å². The van der Waals surface area contributed by atoms with Crippen molar-refractivity contribution >= 4 is 5.97 Å². The zero-order valence-electron chi connectivity index (χ0n) is 18.1. The molecule has 0 saturated heterocycles. The van der Waals surface area contributed by atoms with E-state index in [4.69, 9.17) is 0 Å². The van der Waals surface area contributed by atoms with Gasteiger partial charge in [0.05, 0.1) is 5.56 Å². The summed E-state index contributed by atoms with van der Waals surface area (Å²) in [6.07, 6.45) is 7.80. The lowest BCUT2D eigenvalue weighted by Gasteiger charge is -2.57. The van der Waals surface area contributed by atoms with Gasteiger partial charge < -0.3 is 10.2 Å². The molecular weight excluding hydrogens is 396 g/mol. The second-order valence-electron chi connectivity index (χ2n) is 10.4. The van der Waals surface area contributed by atoms with Gasteiger partial charge in [-0.1, -0.05) is 42.5 Å². The predicted octanol–water partition coefficient (Wildman–Crippen LogP) is 6.89. The van der Waals surface area contributed by atoms with Crippen LogP contribution in [0.1, 0.15) is 54.4 Å². The van der Waals surface area contributed by atoms with Gasteiger partial charge in [0.25, 0.3) is 0 Å². The number of carbonyl (C=O) groups is 1. The van der Waals surface area contributed by atoms with Crippen LogP contribution < -0.4 is 0 Å². The van der Waals surface area contributed by atoms with Crippen molar-refractivity contribution in [2.24, 2.45) is 17.8 Å². The van der Waals surface area contributed by atoms with Crippen LogP contribution in [-0.4, -0.2) is 16.2 Å². The minimum absolute atomic E-state index is 0.132. The maximum atomic E-state index is 11.2. The number of aromatic hydroxyl groups is 1. The molecule has 0 aliphatic heterocycles. The third-order valence-electron chi connectivity index (χ3n) is 8.29. The van der Waals surface area contributed by atoms with Crippen molar-refractivity contribution in [3.05, 3.63) is 77.9 Å². The normalized spacial score (nSPS) is 28.1. The first-order valence-corrected chi connectivity index (χ1v) is 11.8. The van der Waals surface area contributed by atoms with E-state index in [0.29, 0.717) is 11.3 Å². The average Bonchev–Trinajstić information content (AvgIpc) is 2.78. The highest BCUT2D eigenvalue weighted by Crippen LogP contribution is 2.62. The highest BCUT2D eigenvalue weighted by Gasteiger charge is 2.52. The Morgan fingerprint density at radius 2 is 1.28 bits per heavy atom. The SMILES string of the molecule is O=C(O)c1ccc(-c2ccccc2-c2ccc(O)c(C34CC5CC(CC(C5)C3)C4)c2)cc1. The van der Waals surface area contributed by atoms with E-state index in [1.165, 1.54) is 38.5 Å². The van der Waals surface area contributed by atoms with Gasteiger partial charge in [-0.05, 0) is 108 Å².